The molecule has 6 nitrogen and oxygen atoms in total. The summed E-state index contributed by atoms with van der Waals surface area (Å²) in [5.41, 5.74) is 0.820. The Kier molecular flexibility index (Phi) is 8.89. The number of benzene rings is 2. The fraction of sp³-hybridized carbons (Fsp3) is 0.286. The zero-order valence-electron chi connectivity index (χ0n) is 16.2. The molecule has 0 saturated carbocycles. The molecule has 30 heavy (non-hydrogen) atoms. The number of fused-ring (bicyclic) bond motifs is 1. The Morgan fingerprint density at radius 3 is 2.60 bits per heavy atom. The van der Waals surface area contributed by atoms with Crippen LogP contribution in [0.2, 0.25) is 0 Å². The van der Waals surface area contributed by atoms with Gasteiger partial charge in [0, 0.05) is 23.9 Å². The van der Waals surface area contributed by atoms with Crippen molar-refractivity contribution < 1.29 is 13.6 Å². The van der Waals surface area contributed by atoms with Crippen LogP contribution in [-0.2, 0) is 4.79 Å². The number of unbranched alkanes of at least 4 members (excludes halogenated alkanes) is 1. The van der Waals surface area contributed by atoms with Gasteiger partial charge < -0.3 is 10.6 Å². The number of nitrogens with zero attached hydrogens (tertiary/aromatic N) is 1. The van der Waals surface area contributed by atoms with Gasteiger partial charge in [-0.05, 0) is 43.7 Å². The number of carbonyl (C=O) groups excluding carboxylic acids is 1. The average Bonchev–Trinajstić information content (AvgIpc) is 2.73. The van der Waals surface area contributed by atoms with E-state index in [-0.39, 0.29) is 36.0 Å². The predicted molar refractivity (Wildman–Crippen MR) is 116 cm³/mol. The summed E-state index contributed by atoms with van der Waals surface area (Å²) in [6, 6.07) is 11.3. The highest BCUT2D eigenvalue weighted by Gasteiger charge is 2.13. The first-order valence-electron chi connectivity index (χ1n) is 9.44. The van der Waals surface area contributed by atoms with Crippen molar-refractivity contribution in [2.75, 3.05) is 25.1 Å². The van der Waals surface area contributed by atoms with E-state index in [1.807, 2.05) is 0 Å². The van der Waals surface area contributed by atoms with Gasteiger partial charge in [-0.2, -0.15) is 5.10 Å². The molecule has 3 N–H and O–H groups in total. The summed E-state index contributed by atoms with van der Waals surface area (Å²) in [5.74, 6) is -0.855. The Balaban J connectivity index is 0.00000320. The van der Waals surface area contributed by atoms with Gasteiger partial charge in [0.1, 0.15) is 12.5 Å². The maximum absolute atomic E-state index is 14.2. The average molecular weight is 437 g/mol. The number of hydrogen-bond acceptors (Lipinski definition) is 4. The van der Waals surface area contributed by atoms with E-state index in [2.05, 4.69) is 20.8 Å². The number of alkyl halides is 1. The molecular weight excluding hydrogens is 414 g/mol. The molecule has 3 rings (SSSR count). The minimum Gasteiger partial charge on any atom is -0.324 e. The summed E-state index contributed by atoms with van der Waals surface area (Å²) in [7, 11) is 0. The monoisotopic (exact) mass is 436 g/mol. The van der Waals surface area contributed by atoms with Crippen LogP contribution < -0.4 is 16.2 Å². The first-order valence-corrected chi connectivity index (χ1v) is 9.44. The first kappa shape index (κ1) is 23.4. The largest absolute Gasteiger partial charge is 0.324 e. The highest BCUT2D eigenvalue weighted by molar-refractivity contribution is 5.95. The van der Waals surface area contributed by atoms with Crippen LogP contribution in [-0.4, -0.2) is 35.9 Å². The number of carbonyl (C=O) groups is 1. The molecule has 1 aromatic heterocycles. The predicted octanol–water partition coefficient (Wildman–Crippen LogP) is 3.82. The molecule has 1 heterocycles. The second-order valence-electron chi connectivity index (χ2n) is 6.59. The van der Waals surface area contributed by atoms with E-state index in [4.69, 9.17) is 0 Å². The minimum absolute atomic E-state index is 0. The van der Waals surface area contributed by atoms with E-state index in [1.165, 1.54) is 12.1 Å². The molecule has 0 aliphatic carbocycles. The molecule has 160 valence electrons. The molecule has 9 heteroatoms. The van der Waals surface area contributed by atoms with Crippen LogP contribution in [0.15, 0.2) is 47.3 Å². The van der Waals surface area contributed by atoms with Gasteiger partial charge in [0.25, 0.3) is 5.56 Å². The van der Waals surface area contributed by atoms with E-state index >= 15 is 0 Å². The van der Waals surface area contributed by atoms with Gasteiger partial charge in [-0.25, -0.2) is 13.9 Å². The van der Waals surface area contributed by atoms with Crippen molar-refractivity contribution in [1.82, 2.24) is 15.5 Å². The Hall–Kier alpha value is -2.84. The molecular formula is C21H23ClF2N4O2. The molecule has 0 aliphatic heterocycles. The third-order valence-corrected chi connectivity index (χ3v) is 4.49. The number of H-pyrrole nitrogens is 1. The summed E-state index contributed by atoms with van der Waals surface area (Å²) < 4.78 is 26.2. The molecule has 0 radical (unpaired) electrons. The summed E-state index contributed by atoms with van der Waals surface area (Å²) in [4.78, 5) is 24.1. The number of rotatable bonds is 9. The fourth-order valence-corrected chi connectivity index (χ4v) is 3.04. The van der Waals surface area contributed by atoms with Crippen LogP contribution in [0.4, 0.5) is 14.5 Å². The molecule has 0 saturated heterocycles. The van der Waals surface area contributed by atoms with Crippen LogP contribution >= 0.6 is 12.4 Å². The molecule has 2 aromatic carbocycles. The third kappa shape index (κ3) is 5.84. The van der Waals surface area contributed by atoms with E-state index < -0.39 is 12.5 Å². The molecule has 0 spiro atoms. The normalized spacial score (nSPS) is 10.6. The van der Waals surface area contributed by atoms with Crippen LogP contribution in [0.3, 0.4) is 0 Å². The van der Waals surface area contributed by atoms with E-state index in [9.17, 15) is 18.4 Å². The number of hydrogen-bond donors (Lipinski definition) is 3. The summed E-state index contributed by atoms with van der Waals surface area (Å²) >= 11 is 0. The quantitative estimate of drug-likeness (QED) is 0.445. The second kappa shape index (κ2) is 11.4. The number of nitrogens with one attached hydrogen (secondary N) is 3. The SMILES string of the molecule is Cl.O=C(CCCCNCCF)Nc1cc(-c2n[nH]c(=O)c3ccccc23)ccc1F. The van der Waals surface area contributed by atoms with E-state index in [0.717, 1.165) is 6.42 Å². The van der Waals surface area contributed by atoms with Gasteiger partial charge in [-0.1, -0.05) is 18.2 Å². The first-order chi connectivity index (χ1) is 14.1. The smallest absolute Gasteiger partial charge is 0.272 e. The van der Waals surface area contributed by atoms with Crippen LogP contribution in [0.25, 0.3) is 22.0 Å². The van der Waals surface area contributed by atoms with Crippen molar-refractivity contribution in [3.8, 4) is 11.3 Å². The Bertz CT molecular complexity index is 1060. The minimum atomic E-state index is -0.555. The molecule has 0 bridgehead atoms. The third-order valence-electron chi connectivity index (χ3n) is 4.49. The highest BCUT2D eigenvalue weighted by atomic mass is 35.5. The molecule has 0 aliphatic rings. The molecule has 0 unspecified atom stereocenters. The number of anilines is 1. The highest BCUT2D eigenvalue weighted by Crippen LogP contribution is 2.28. The number of amides is 1. The van der Waals surface area contributed by atoms with Gasteiger partial charge in [0.05, 0.1) is 16.8 Å². The Morgan fingerprint density at radius 2 is 1.83 bits per heavy atom. The van der Waals surface area contributed by atoms with Crippen LogP contribution in [0.1, 0.15) is 19.3 Å². The van der Waals surface area contributed by atoms with E-state index in [0.29, 0.717) is 41.5 Å². The lowest BCUT2D eigenvalue weighted by atomic mass is 10.0. The zero-order valence-corrected chi connectivity index (χ0v) is 17.0. The maximum atomic E-state index is 14.2. The van der Waals surface area contributed by atoms with Crippen molar-refractivity contribution in [3.63, 3.8) is 0 Å². The number of halogens is 3. The van der Waals surface area contributed by atoms with Gasteiger partial charge in [0.15, 0.2) is 0 Å². The van der Waals surface area contributed by atoms with Crippen LogP contribution in [0.5, 0.6) is 0 Å². The van der Waals surface area contributed by atoms with Crippen molar-refractivity contribution in [2.45, 2.75) is 19.3 Å². The van der Waals surface area contributed by atoms with Gasteiger partial charge in [-0.15, -0.1) is 12.4 Å². The summed E-state index contributed by atoms with van der Waals surface area (Å²) in [6.07, 6.45) is 1.57. The number of aromatic amines is 1. The topological polar surface area (TPSA) is 86.9 Å². The van der Waals surface area contributed by atoms with Crippen molar-refractivity contribution in [3.05, 3.63) is 58.6 Å². The summed E-state index contributed by atoms with van der Waals surface area (Å²) in [5, 5.41) is 13.2. The Labute approximate surface area is 178 Å². The van der Waals surface area contributed by atoms with Gasteiger partial charge >= 0.3 is 0 Å². The van der Waals surface area contributed by atoms with Gasteiger partial charge in [0.2, 0.25) is 5.91 Å². The fourth-order valence-electron chi connectivity index (χ4n) is 3.04. The Morgan fingerprint density at radius 1 is 1.07 bits per heavy atom. The zero-order chi connectivity index (χ0) is 20.6. The van der Waals surface area contributed by atoms with Crippen molar-refractivity contribution in [2.24, 2.45) is 0 Å². The lowest BCUT2D eigenvalue weighted by molar-refractivity contribution is -0.116. The maximum Gasteiger partial charge on any atom is 0.272 e. The van der Waals surface area contributed by atoms with Gasteiger partial charge in [-0.3, -0.25) is 9.59 Å². The number of aromatic nitrogens is 2. The lowest BCUT2D eigenvalue weighted by Crippen LogP contribution is -2.18. The molecule has 0 atom stereocenters. The standard InChI is InChI=1S/C21H22F2N4O2.ClH/c22-10-12-24-11-4-3-7-19(28)25-18-13-14(8-9-17(18)23)20-15-5-1-2-6-16(15)21(29)27-26-20;/h1-2,5-6,8-9,13,24H,3-4,7,10-12H2,(H,25,28)(H,27,29);1H. The van der Waals surface area contributed by atoms with E-state index in [1.54, 1.807) is 30.3 Å². The molecule has 1 amide bonds. The molecule has 0 fully saturated rings. The summed E-state index contributed by atoms with van der Waals surface area (Å²) in [6.45, 7) is 0.513. The lowest BCUT2D eigenvalue weighted by Gasteiger charge is -2.10. The van der Waals surface area contributed by atoms with Crippen molar-refractivity contribution in [1.29, 1.82) is 0 Å². The van der Waals surface area contributed by atoms with Crippen LogP contribution in [0, 0.1) is 5.82 Å². The van der Waals surface area contributed by atoms with Crippen molar-refractivity contribution >= 4 is 34.8 Å². The molecule has 3 aromatic rings. The second-order valence-corrected chi connectivity index (χ2v) is 6.59.